The second kappa shape index (κ2) is 4.52. The van der Waals surface area contributed by atoms with Gasteiger partial charge in [-0.1, -0.05) is 25.0 Å². The molecule has 1 saturated carbocycles. The van der Waals surface area contributed by atoms with Crippen molar-refractivity contribution in [3.63, 3.8) is 0 Å². The van der Waals surface area contributed by atoms with Crippen molar-refractivity contribution in [1.82, 2.24) is 0 Å². The Labute approximate surface area is 99.5 Å². The first-order valence-corrected chi connectivity index (χ1v) is 5.67. The lowest BCUT2D eigenvalue weighted by molar-refractivity contribution is 0.1000. The molecule has 0 spiro atoms. The molecule has 1 fully saturated rings. The molecule has 0 aromatic heterocycles. The largest absolute Gasteiger partial charge is 0.366 e. The lowest BCUT2D eigenvalue weighted by atomic mass is 9.88. The van der Waals surface area contributed by atoms with E-state index in [1.54, 1.807) is 18.2 Å². The van der Waals surface area contributed by atoms with Gasteiger partial charge in [0.1, 0.15) is 0 Å². The van der Waals surface area contributed by atoms with E-state index >= 15 is 0 Å². The number of hydrogen-bond donors (Lipinski definition) is 1. The summed E-state index contributed by atoms with van der Waals surface area (Å²) in [7, 11) is 0. The van der Waals surface area contributed by atoms with Gasteiger partial charge < -0.3 is 5.73 Å². The van der Waals surface area contributed by atoms with Crippen molar-refractivity contribution in [2.24, 2.45) is 10.7 Å². The molecule has 1 aromatic carbocycles. The first-order valence-electron chi connectivity index (χ1n) is 5.67. The smallest absolute Gasteiger partial charge is 0.248 e. The van der Waals surface area contributed by atoms with Gasteiger partial charge in [0.2, 0.25) is 12.0 Å². The van der Waals surface area contributed by atoms with E-state index in [2.05, 4.69) is 4.99 Å². The molecule has 1 aromatic rings. The highest BCUT2D eigenvalue weighted by Gasteiger charge is 2.35. The average Bonchev–Trinajstić information content (AvgIpc) is 2.79. The normalized spacial score (nSPS) is 17.4. The molecule has 0 radical (unpaired) electrons. The molecule has 2 rings (SSSR count). The molecule has 1 amide bonds. The summed E-state index contributed by atoms with van der Waals surface area (Å²) >= 11 is 0. The molecule has 4 nitrogen and oxygen atoms in total. The number of nitrogens with zero attached hydrogens (tertiary/aromatic N) is 1. The van der Waals surface area contributed by atoms with Gasteiger partial charge in [-0.15, -0.1) is 0 Å². The molecule has 2 N–H and O–H groups in total. The number of primary amides is 1. The fourth-order valence-corrected chi connectivity index (χ4v) is 2.46. The summed E-state index contributed by atoms with van der Waals surface area (Å²) in [6, 6.07) is 7.01. The first kappa shape index (κ1) is 11.6. The van der Waals surface area contributed by atoms with Crippen molar-refractivity contribution < 1.29 is 9.59 Å². The van der Waals surface area contributed by atoms with E-state index in [-0.39, 0.29) is 0 Å². The summed E-state index contributed by atoms with van der Waals surface area (Å²) in [4.78, 5) is 25.5. The molecule has 4 heteroatoms. The van der Waals surface area contributed by atoms with E-state index in [1.165, 1.54) is 0 Å². The Hall–Kier alpha value is -1.93. The molecule has 0 bridgehead atoms. The predicted molar refractivity (Wildman–Crippen MR) is 63.2 cm³/mol. The molecule has 17 heavy (non-hydrogen) atoms. The number of carbonyl (C=O) groups excluding carboxylic acids is 2. The highest BCUT2D eigenvalue weighted by atomic mass is 16.1. The van der Waals surface area contributed by atoms with Gasteiger partial charge in [-0.05, 0) is 30.5 Å². The third-order valence-corrected chi connectivity index (χ3v) is 3.40. The van der Waals surface area contributed by atoms with Crippen molar-refractivity contribution in [3.05, 3.63) is 35.4 Å². The van der Waals surface area contributed by atoms with Crippen molar-refractivity contribution in [2.45, 2.75) is 31.2 Å². The zero-order valence-electron chi connectivity index (χ0n) is 9.48. The summed E-state index contributed by atoms with van der Waals surface area (Å²) < 4.78 is 0. The molecule has 88 valence electrons. The minimum absolute atomic E-state index is 0.433. The Balaban J connectivity index is 2.37. The molecule has 0 aliphatic heterocycles. The van der Waals surface area contributed by atoms with Gasteiger partial charge in [-0.25, -0.2) is 4.79 Å². The van der Waals surface area contributed by atoms with Crippen LogP contribution in [0.5, 0.6) is 0 Å². The Morgan fingerprint density at radius 1 is 1.24 bits per heavy atom. The summed E-state index contributed by atoms with van der Waals surface area (Å²) in [5, 5.41) is 0. The second-order valence-corrected chi connectivity index (χ2v) is 4.38. The third kappa shape index (κ3) is 2.12. The van der Waals surface area contributed by atoms with Crippen molar-refractivity contribution in [3.8, 4) is 0 Å². The Bertz CT molecular complexity index is 467. The zero-order chi connectivity index (χ0) is 12.3. The number of amides is 1. The number of hydrogen-bond acceptors (Lipinski definition) is 3. The lowest BCUT2D eigenvalue weighted by Crippen LogP contribution is -2.19. The SMILES string of the molecule is NC(=O)c1ccc(C2(N=C=O)CCCC2)cc1. The van der Waals surface area contributed by atoms with Crippen LogP contribution in [0.15, 0.2) is 29.3 Å². The quantitative estimate of drug-likeness (QED) is 0.636. The summed E-state index contributed by atoms with van der Waals surface area (Å²) in [5.74, 6) is -0.448. The van der Waals surface area contributed by atoms with E-state index in [0.717, 1.165) is 31.2 Å². The maximum absolute atomic E-state index is 11.0. The first-order chi connectivity index (χ1) is 8.18. The predicted octanol–water partition coefficient (Wildman–Crippen LogP) is 1.89. The maximum Gasteiger partial charge on any atom is 0.248 e. The van der Waals surface area contributed by atoms with Crippen LogP contribution in [0.1, 0.15) is 41.6 Å². The number of carbonyl (C=O) groups is 1. The van der Waals surface area contributed by atoms with Crippen LogP contribution in [0.25, 0.3) is 0 Å². The number of isocyanates is 1. The summed E-state index contributed by atoms with van der Waals surface area (Å²) in [5.41, 5.74) is 6.18. The highest BCUT2D eigenvalue weighted by molar-refractivity contribution is 5.92. The van der Waals surface area contributed by atoms with E-state index in [9.17, 15) is 9.59 Å². The summed E-state index contributed by atoms with van der Waals surface area (Å²) in [6.07, 6.45) is 5.50. The number of rotatable bonds is 3. The zero-order valence-corrected chi connectivity index (χ0v) is 9.48. The van der Waals surface area contributed by atoms with Crippen LogP contribution in [-0.2, 0) is 10.3 Å². The van der Waals surface area contributed by atoms with Crippen LogP contribution in [0, 0.1) is 0 Å². The molecular weight excluding hydrogens is 216 g/mol. The fraction of sp³-hybridized carbons (Fsp3) is 0.385. The molecule has 0 heterocycles. The van der Waals surface area contributed by atoms with Gasteiger partial charge in [0, 0.05) is 5.56 Å². The van der Waals surface area contributed by atoms with Gasteiger partial charge in [-0.3, -0.25) is 4.79 Å². The van der Waals surface area contributed by atoms with Crippen molar-refractivity contribution in [2.75, 3.05) is 0 Å². The molecule has 1 aliphatic rings. The van der Waals surface area contributed by atoms with Crippen LogP contribution in [0.3, 0.4) is 0 Å². The minimum Gasteiger partial charge on any atom is -0.366 e. The van der Waals surface area contributed by atoms with Gasteiger partial charge in [0.05, 0.1) is 5.54 Å². The van der Waals surface area contributed by atoms with Crippen LogP contribution in [-0.4, -0.2) is 12.0 Å². The number of nitrogens with two attached hydrogens (primary N) is 1. The molecule has 0 unspecified atom stereocenters. The number of benzene rings is 1. The van der Waals surface area contributed by atoms with Crippen LogP contribution in [0.4, 0.5) is 0 Å². The van der Waals surface area contributed by atoms with Crippen molar-refractivity contribution >= 4 is 12.0 Å². The van der Waals surface area contributed by atoms with Gasteiger partial charge in [-0.2, -0.15) is 4.99 Å². The average molecular weight is 230 g/mol. The highest BCUT2D eigenvalue weighted by Crippen LogP contribution is 2.41. The molecule has 0 atom stereocenters. The Morgan fingerprint density at radius 2 is 1.82 bits per heavy atom. The second-order valence-electron chi connectivity index (χ2n) is 4.38. The Kier molecular flexibility index (Phi) is 3.07. The monoisotopic (exact) mass is 230 g/mol. The van der Waals surface area contributed by atoms with E-state index < -0.39 is 11.4 Å². The number of aliphatic imine (C=N–C) groups is 1. The van der Waals surface area contributed by atoms with E-state index in [4.69, 9.17) is 5.73 Å². The Morgan fingerprint density at radius 3 is 2.29 bits per heavy atom. The van der Waals surface area contributed by atoms with Gasteiger partial charge >= 0.3 is 0 Å². The molecule has 1 aliphatic carbocycles. The summed E-state index contributed by atoms with van der Waals surface area (Å²) in [6.45, 7) is 0. The molecular formula is C13H14N2O2. The van der Waals surface area contributed by atoms with E-state index in [0.29, 0.717) is 5.56 Å². The van der Waals surface area contributed by atoms with Gasteiger partial charge in [0.15, 0.2) is 0 Å². The van der Waals surface area contributed by atoms with Crippen molar-refractivity contribution in [1.29, 1.82) is 0 Å². The van der Waals surface area contributed by atoms with Crippen LogP contribution < -0.4 is 5.73 Å². The minimum atomic E-state index is -0.448. The lowest BCUT2D eigenvalue weighted by Gasteiger charge is -2.22. The third-order valence-electron chi connectivity index (χ3n) is 3.40. The molecule has 0 saturated heterocycles. The van der Waals surface area contributed by atoms with Crippen LogP contribution in [0.2, 0.25) is 0 Å². The van der Waals surface area contributed by atoms with Crippen LogP contribution >= 0.6 is 0 Å². The van der Waals surface area contributed by atoms with Gasteiger partial charge in [0.25, 0.3) is 0 Å². The standard InChI is InChI=1S/C13H14N2O2/c14-12(17)10-3-5-11(6-4-10)13(15-9-16)7-1-2-8-13/h3-6H,1-2,7-8H2,(H2,14,17). The van der Waals surface area contributed by atoms with E-state index in [1.807, 2.05) is 12.1 Å². The fourth-order valence-electron chi connectivity index (χ4n) is 2.46. The maximum atomic E-state index is 11.0. The topological polar surface area (TPSA) is 72.5 Å².